The molecule has 0 saturated heterocycles. The van der Waals surface area contributed by atoms with E-state index in [4.69, 9.17) is 4.74 Å². The quantitative estimate of drug-likeness (QED) is 0.743. The topological polar surface area (TPSA) is 24.5 Å². The van der Waals surface area contributed by atoms with Gasteiger partial charge in [0.1, 0.15) is 0 Å². The van der Waals surface area contributed by atoms with Gasteiger partial charge in [-0.2, -0.15) is 0 Å². The first-order valence-electron chi connectivity index (χ1n) is 8.38. The molecular formula is C18H28N2O. The van der Waals surface area contributed by atoms with Crippen molar-refractivity contribution in [3.63, 3.8) is 0 Å². The minimum Gasteiger partial charge on any atom is -0.385 e. The second kappa shape index (κ2) is 6.80. The number of hydrogen-bond acceptors (Lipinski definition) is 3. The Morgan fingerprint density at radius 1 is 1.29 bits per heavy atom. The Hall–Kier alpha value is -1.06. The zero-order valence-corrected chi connectivity index (χ0v) is 13.4. The van der Waals surface area contributed by atoms with Crippen LogP contribution in [0.3, 0.4) is 0 Å². The summed E-state index contributed by atoms with van der Waals surface area (Å²) in [4.78, 5) is 2.57. The number of rotatable bonds is 8. The Balaban J connectivity index is 1.62. The molecule has 0 aromatic heterocycles. The van der Waals surface area contributed by atoms with Gasteiger partial charge >= 0.3 is 0 Å². The minimum absolute atomic E-state index is 0.660. The van der Waals surface area contributed by atoms with Crippen LogP contribution in [0.1, 0.15) is 49.7 Å². The van der Waals surface area contributed by atoms with Crippen molar-refractivity contribution in [1.82, 2.24) is 5.32 Å². The predicted octanol–water partition coefficient (Wildman–Crippen LogP) is 3.29. The van der Waals surface area contributed by atoms with Crippen LogP contribution in [0.25, 0.3) is 0 Å². The molecule has 116 valence electrons. The van der Waals surface area contributed by atoms with Crippen LogP contribution in [0.15, 0.2) is 18.2 Å². The summed E-state index contributed by atoms with van der Waals surface area (Å²) in [7, 11) is 1.78. The Labute approximate surface area is 128 Å². The number of hydrogen-bond donors (Lipinski definition) is 1. The first-order chi connectivity index (χ1) is 10.3. The number of nitrogens with zero attached hydrogens (tertiary/aromatic N) is 1. The van der Waals surface area contributed by atoms with E-state index in [0.717, 1.165) is 32.2 Å². The van der Waals surface area contributed by atoms with Crippen molar-refractivity contribution >= 4 is 5.69 Å². The minimum atomic E-state index is 0.660. The number of anilines is 1. The monoisotopic (exact) mass is 288 g/mol. The van der Waals surface area contributed by atoms with E-state index in [1.165, 1.54) is 42.6 Å². The van der Waals surface area contributed by atoms with Gasteiger partial charge < -0.3 is 15.0 Å². The number of nitrogens with one attached hydrogen (secondary N) is 1. The lowest BCUT2D eigenvalue weighted by atomic mass is 10.0. The van der Waals surface area contributed by atoms with Crippen molar-refractivity contribution in [2.24, 2.45) is 0 Å². The fraction of sp³-hybridized carbons (Fsp3) is 0.667. The summed E-state index contributed by atoms with van der Waals surface area (Å²) in [6.45, 7) is 6.56. The van der Waals surface area contributed by atoms with E-state index in [2.05, 4.69) is 35.3 Å². The summed E-state index contributed by atoms with van der Waals surface area (Å²) >= 11 is 0. The lowest BCUT2D eigenvalue weighted by Gasteiger charge is -2.20. The van der Waals surface area contributed by atoms with Gasteiger partial charge in [-0.05, 0) is 42.9 Å². The predicted molar refractivity (Wildman–Crippen MR) is 88.0 cm³/mol. The molecule has 1 aromatic rings. The Bertz CT molecular complexity index is 470. The second-order valence-electron chi connectivity index (χ2n) is 6.60. The molecule has 3 heteroatoms. The lowest BCUT2D eigenvalue weighted by molar-refractivity contribution is 0.193. The van der Waals surface area contributed by atoms with Gasteiger partial charge in [0.2, 0.25) is 0 Å². The lowest BCUT2D eigenvalue weighted by Crippen LogP contribution is -2.23. The first kappa shape index (κ1) is 14.9. The molecule has 0 spiro atoms. The fourth-order valence-electron chi connectivity index (χ4n) is 3.23. The molecule has 0 radical (unpaired) electrons. The molecule has 1 unspecified atom stereocenters. The zero-order chi connectivity index (χ0) is 14.7. The average molecular weight is 288 g/mol. The van der Waals surface area contributed by atoms with Crippen LogP contribution in [0.5, 0.6) is 0 Å². The summed E-state index contributed by atoms with van der Waals surface area (Å²) < 4.78 is 5.15. The van der Waals surface area contributed by atoms with Crippen molar-refractivity contribution in [3.8, 4) is 0 Å². The molecule has 1 aromatic carbocycles. The van der Waals surface area contributed by atoms with Crippen LogP contribution in [-0.2, 0) is 11.3 Å². The van der Waals surface area contributed by atoms with Gasteiger partial charge in [-0.25, -0.2) is 0 Å². The van der Waals surface area contributed by atoms with E-state index < -0.39 is 0 Å². The summed E-state index contributed by atoms with van der Waals surface area (Å²) in [5.74, 6) is 0.660. The zero-order valence-electron chi connectivity index (χ0n) is 13.4. The van der Waals surface area contributed by atoms with Crippen molar-refractivity contribution < 1.29 is 4.74 Å². The summed E-state index contributed by atoms with van der Waals surface area (Å²) in [6, 6.07) is 7.84. The van der Waals surface area contributed by atoms with Crippen LogP contribution in [-0.4, -0.2) is 32.8 Å². The molecule has 1 fully saturated rings. The van der Waals surface area contributed by atoms with Gasteiger partial charge in [0, 0.05) is 51.0 Å². The van der Waals surface area contributed by atoms with E-state index >= 15 is 0 Å². The first-order valence-corrected chi connectivity index (χ1v) is 8.38. The van der Waals surface area contributed by atoms with Gasteiger partial charge in [-0.1, -0.05) is 19.1 Å². The van der Waals surface area contributed by atoms with E-state index in [1.54, 1.807) is 7.11 Å². The molecule has 0 bridgehead atoms. The normalized spacial score (nSPS) is 20.9. The van der Waals surface area contributed by atoms with Crippen molar-refractivity contribution in [1.29, 1.82) is 0 Å². The van der Waals surface area contributed by atoms with Crippen LogP contribution >= 0.6 is 0 Å². The third-order valence-electron chi connectivity index (χ3n) is 4.66. The highest BCUT2D eigenvalue weighted by Crippen LogP contribution is 2.36. The number of unbranched alkanes of at least 4 members (excludes halogenated alkanes) is 1. The Morgan fingerprint density at radius 3 is 2.90 bits per heavy atom. The number of fused-ring (bicyclic) bond motifs is 1. The molecule has 0 amide bonds. The molecule has 1 N–H and O–H groups in total. The molecule has 1 heterocycles. The summed E-state index contributed by atoms with van der Waals surface area (Å²) in [6.07, 6.45) is 5.07. The summed E-state index contributed by atoms with van der Waals surface area (Å²) in [5.41, 5.74) is 4.42. The van der Waals surface area contributed by atoms with Crippen molar-refractivity contribution in [2.75, 3.05) is 31.7 Å². The second-order valence-corrected chi connectivity index (χ2v) is 6.60. The smallest absolute Gasteiger partial charge is 0.0462 e. The number of ether oxygens (including phenoxy) is 1. The fourth-order valence-corrected chi connectivity index (χ4v) is 3.23. The SMILES string of the molecule is COCCCCN1CC(C)c2ccc(CNC3CC3)cc21. The third kappa shape index (κ3) is 3.78. The van der Waals surface area contributed by atoms with Gasteiger partial charge in [0.15, 0.2) is 0 Å². The van der Waals surface area contributed by atoms with Crippen LogP contribution in [0.4, 0.5) is 5.69 Å². The average Bonchev–Trinajstić information content (AvgIpc) is 3.27. The molecule has 3 rings (SSSR count). The van der Waals surface area contributed by atoms with Gasteiger partial charge in [0.05, 0.1) is 0 Å². The molecule has 21 heavy (non-hydrogen) atoms. The maximum atomic E-state index is 5.15. The van der Waals surface area contributed by atoms with Gasteiger partial charge in [0.25, 0.3) is 0 Å². The van der Waals surface area contributed by atoms with Crippen LogP contribution in [0, 0.1) is 0 Å². The molecule has 1 aliphatic heterocycles. The molecule has 1 atom stereocenters. The largest absolute Gasteiger partial charge is 0.385 e. The highest BCUT2D eigenvalue weighted by atomic mass is 16.5. The standard InChI is InChI=1S/C18H28N2O/c1-14-13-20(9-3-4-10-21-2)18-11-15(5-8-17(14)18)12-19-16-6-7-16/h5,8,11,14,16,19H,3-4,6-7,9-10,12-13H2,1-2H3. The highest BCUT2D eigenvalue weighted by Gasteiger charge is 2.25. The van der Waals surface area contributed by atoms with E-state index in [9.17, 15) is 0 Å². The molecule has 1 saturated carbocycles. The Morgan fingerprint density at radius 2 is 2.14 bits per heavy atom. The van der Waals surface area contributed by atoms with E-state index in [-0.39, 0.29) is 0 Å². The molecule has 3 nitrogen and oxygen atoms in total. The summed E-state index contributed by atoms with van der Waals surface area (Å²) in [5, 5.41) is 3.61. The number of methoxy groups -OCH3 is 1. The maximum Gasteiger partial charge on any atom is 0.0462 e. The van der Waals surface area contributed by atoms with Crippen molar-refractivity contribution in [2.45, 2.75) is 51.1 Å². The van der Waals surface area contributed by atoms with Crippen molar-refractivity contribution in [3.05, 3.63) is 29.3 Å². The molecule has 1 aliphatic carbocycles. The maximum absolute atomic E-state index is 5.15. The van der Waals surface area contributed by atoms with E-state index in [1.807, 2.05) is 0 Å². The van der Waals surface area contributed by atoms with E-state index in [0.29, 0.717) is 5.92 Å². The molecular weight excluding hydrogens is 260 g/mol. The number of benzene rings is 1. The van der Waals surface area contributed by atoms with Crippen LogP contribution in [0.2, 0.25) is 0 Å². The highest BCUT2D eigenvalue weighted by molar-refractivity contribution is 5.61. The van der Waals surface area contributed by atoms with Gasteiger partial charge in [-0.3, -0.25) is 0 Å². The van der Waals surface area contributed by atoms with Gasteiger partial charge in [-0.15, -0.1) is 0 Å². The third-order valence-corrected chi connectivity index (χ3v) is 4.66. The molecule has 2 aliphatic rings. The van der Waals surface area contributed by atoms with Crippen LogP contribution < -0.4 is 10.2 Å². The Kier molecular flexibility index (Phi) is 4.81.